The standard InChI is InChI=1S/C21H24N2O4/c1-4-12-27-18-9-7-8-16(13-18)15-22-23-21(24)17-10-11-19(25-5-2)20(14-17)26-6-3/h4,7-11,13-15H,1,5-6,12H2,2-3H3,(H,23,24)/b22-15+. The lowest BCUT2D eigenvalue weighted by molar-refractivity contribution is 0.0954. The molecule has 2 aromatic rings. The van der Waals surface area contributed by atoms with E-state index in [1.807, 2.05) is 38.1 Å². The van der Waals surface area contributed by atoms with Crippen LogP contribution in [-0.4, -0.2) is 31.9 Å². The van der Waals surface area contributed by atoms with Gasteiger partial charge in [0.1, 0.15) is 12.4 Å². The first-order valence-corrected chi connectivity index (χ1v) is 8.74. The van der Waals surface area contributed by atoms with Crippen molar-refractivity contribution in [2.45, 2.75) is 13.8 Å². The average molecular weight is 368 g/mol. The number of ether oxygens (including phenoxy) is 3. The third-order valence-corrected chi connectivity index (χ3v) is 3.41. The van der Waals surface area contributed by atoms with E-state index in [-0.39, 0.29) is 5.91 Å². The smallest absolute Gasteiger partial charge is 0.271 e. The molecule has 0 fully saturated rings. The van der Waals surface area contributed by atoms with Crippen LogP contribution in [0, 0.1) is 0 Å². The fraction of sp³-hybridized carbons (Fsp3) is 0.238. The van der Waals surface area contributed by atoms with E-state index in [9.17, 15) is 4.79 Å². The van der Waals surface area contributed by atoms with Crippen LogP contribution in [0.15, 0.2) is 60.2 Å². The highest BCUT2D eigenvalue weighted by molar-refractivity contribution is 5.95. The molecule has 0 spiro atoms. The van der Waals surface area contributed by atoms with Crippen molar-refractivity contribution in [1.82, 2.24) is 5.43 Å². The Hall–Kier alpha value is -3.28. The predicted octanol–water partition coefficient (Wildman–Crippen LogP) is 3.81. The summed E-state index contributed by atoms with van der Waals surface area (Å²) in [6.45, 7) is 8.81. The van der Waals surface area contributed by atoms with E-state index in [0.717, 1.165) is 5.56 Å². The molecular weight excluding hydrogens is 344 g/mol. The monoisotopic (exact) mass is 368 g/mol. The Labute approximate surface area is 159 Å². The van der Waals surface area contributed by atoms with Crippen LogP contribution in [0.3, 0.4) is 0 Å². The number of carbonyl (C=O) groups is 1. The maximum Gasteiger partial charge on any atom is 0.271 e. The van der Waals surface area contributed by atoms with Gasteiger partial charge >= 0.3 is 0 Å². The van der Waals surface area contributed by atoms with Gasteiger partial charge in [-0.2, -0.15) is 5.10 Å². The summed E-state index contributed by atoms with van der Waals surface area (Å²) >= 11 is 0. The third-order valence-electron chi connectivity index (χ3n) is 3.41. The summed E-state index contributed by atoms with van der Waals surface area (Å²) in [5.41, 5.74) is 3.74. The van der Waals surface area contributed by atoms with Gasteiger partial charge in [0.15, 0.2) is 11.5 Å². The summed E-state index contributed by atoms with van der Waals surface area (Å²) in [6.07, 6.45) is 3.23. The van der Waals surface area contributed by atoms with Crippen LogP contribution in [0.1, 0.15) is 29.8 Å². The van der Waals surface area contributed by atoms with Crippen molar-refractivity contribution < 1.29 is 19.0 Å². The summed E-state index contributed by atoms with van der Waals surface area (Å²) in [4.78, 5) is 12.3. The minimum atomic E-state index is -0.339. The Morgan fingerprint density at radius 1 is 1.07 bits per heavy atom. The quantitative estimate of drug-likeness (QED) is 0.393. The Balaban J connectivity index is 2.03. The minimum absolute atomic E-state index is 0.339. The molecule has 0 atom stereocenters. The zero-order valence-electron chi connectivity index (χ0n) is 15.6. The van der Waals surface area contributed by atoms with Gasteiger partial charge in [-0.05, 0) is 49.7 Å². The first-order valence-electron chi connectivity index (χ1n) is 8.74. The van der Waals surface area contributed by atoms with E-state index in [0.29, 0.717) is 42.6 Å². The molecule has 6 nitrogen and oxygen atoms in total. The van der Waals surface area contributed by atoms with Crippen molar-refractivity contribution in [1.29, 1.82) is 0 Å². The number of hydrazone groups is 1. The highest BCUT2D eigenvalue weighted by Gasteiger charge is 2.11. The van der Waals surface area contributed by atoms with Gasteiger partial charge in [0.25, 0.3) is 5.91 Å². The van der Waals surface area contributed by atoms with Crippen LogP contribution in [0.4, 0.5) is 0 Å². The number of nitrogens with one attached hydrogen (secondary N) is 1. The zero-order chi connectivity index (χ0) is 19.5. The first-order chi connectivity index (χ1) is 13.2. The average Bonchev–Trinajstić information content (AvgIpc) is 2.68. The van der Waals surface area contributed by atoms with Crippen LogP contribution in [-0.2, 0) is 0 Å². The lowest BCUT2D eigenvalue weighted by atomic mass is 10.2. The second kappa shape index (κ2) is 10.7. The molecule has 0 saturated carbocycles. The van der Waals surface area contributed by atoms with Crippen molar-refractivity contribution in [2.24, 2.45) is 5.10 Å². The van der Waals surface area contributed by atoms with Crippen LogP contribution in [0.5, 0.6) is 17.2 Å². The van der Waals surface area contributed by atoms with E-state index in [1.165, 1.54) is 0 Å². The molecule has 1 N–H and O–H groups in total. The Bertz CT molecular complexity index is 803. The van der Waals surface area contributed by atoms with E-state index in [2.05, 4.69) is 17.1 Å². The molecule has 0 bridgehead atoms. The molecule has 6 heteroatoms. The number of amides is 1. The number of hydrogen-bond acceptors (Lipinski definition) is 5. The second-order valence-corrected chi connectivity index (χ2v) is 5.40. The fourth-order valence-corrected chi connectivity index (χ4v) is 2.26. The fourth-order valence-electron chi connectivity index (χ4n) is 2.26. The molecule has 0 aromatic heterocycles. The Morgan fingerprint density at radius 3 is 2.59 bits per heavy atom. The minimum Gasteiger partial charge on any atom is -0.490 e. The zero-order valence-corrected chi connectivity index (χ0v) is 15.6. The van der Waals surface area contributed by atoms with Gasteiger partial charge in [-0.25, -0.2) is 5.43 Å². The molecule has 0 unspecified atom stereocenters. The summed E-state index contributed by atoms with van der Waals surface area (Å²) in [5, 5.41) is 4.00. The number of benzene rings is 2. The van der Waals surface area contributed by atoms with Gasteiger partial charge in [0.2, 0.25) is 0 Å². The van der Waals surface area contributed by atoms with Gasteiger partial charge in [-0.1, -0.05) is 24.8 Å². The van der Waals surface area contributed by atoms with Crippen molar-refractivity contribution in [3.8, 4) is 17.2 Å². The molecular formula is C21H24N2O4. The number of rotatable bonds is 10. The van der Waals surface area contributed by atoms with Crippen molar-refractivity contribution >= 4 is 12.1 Å². The molecule has 1 amide bonds. The molecule has 27 heavy (non-hydrogen) atoms. The number of carbonyl (C=O) groups excluding carboxylic acids is 1. The largest absolute Gasteiger partial charge is 0.490 e. The number of hydrogen-bond donors (Lipinski definition) is 1. The van der Waals surface area contributed by atoms with Gasteiger partial charge in [-0.15, -0.1) is 0 Å². The Morgan fingerprint density at radius 2 is 1.85 bits per heavy atom. The molecule has 0 heterocycles. The van der Waals surface area contributed by atoms with Crippen LogP contribution >= 0.6 is 0 Å². The molecule has 0 aliphatic carbocycles. The Kier molecular flexibility index (Phi) is 7.91. The van der Waals surface area contributed by atoms with Gasteiger partial charge in [-0.3, -0.25) is 4.79 Å². The van der Waals surface area contributed by atoms with Crippen LogP contribution in [0.25, 0.3) is 0 Å². The summed E-state index contributed by atoms with van der Waals surface area (Å²) in [7, 11) is 0. The summed E-state index contributed by atoms with van der Waals surface area (Å²) in [5.74, 6) is 1.51. The molecule has 0 aliphatic heterocycles. The summed E-state index contributed by atoms with van der Waals surface area (Å²) in [6, 6.07) is 12.4. The van der Waals surface area contributed by atoms with Crippen molar-refractivity contribution in [3.05, 3.63) is 66.2 Å². The van der Waals surface area contributed by atoms with Crippen molar-refractivity contribution in [2.75, 3.05) is 19.8 Å². The topological polar surface area (TPSA) is 69.2 Å². The van der Waals surface area contributed by atoms with E-state index in [1.54, 1.807) is 30.5 Å². The van der Waals surface area contributed by atoms with Gasteiger partial charge in [0, 0.05) is 5.56 Å². The normalized spacial score (nSPS) is 10.4. The first kappa shape index (κ1) is 20.0. The maximum absolute atomic E-state index is 12.3. The highest BCUT2D eigenvalue weighted by Crippen LogP contribution is 2.28. The van der Waals surface area contributed by atoms with Crippen LogP contribution in [0.2, 0.25) is 0 Å². The molecule has 2 rings (SSSR count). The van der Waals surface area contributed by atoms with Crippen molar-refractivity contribution in [3.63, 3.8) is 0 Å². The molecule has 0 saturated heterocycles. The SMILES string of the molecule is C=CCOc1cccc(/C=N/NC(=O)c2ccc(OCC)c(OCC)c2)c1. The van der Waals surface area contributed by atoms with Crippen LogP contribution < -0.4 is 19.6 Å². The molecule has 2 aromatic carbocycles. The van der Waals surface area contributed by atoms with E-state index in [4.69, 9.17) is 14.2 Å². The van der Waals surface area contributed by atoms with E-state index < -0.39 is 0 Å². The molecule has 142 valence electrons. The molecule has 0 radical (unpaired) electrons. The lowest BCUT2D eigenvalue weighted by Crippen LogP contribution is -2.17. The maximum atomic E-state index is 12.3. The number of nitrogens with zero attached hydrogens (tertiary/aromatic N) is 1. The van der Waals surface area contributed by atoms with Gasteiger partial charge < -0.3 is 14.2 Å². The predicted molar refractivity (Wildman–Crippen MR) is 106 cm³/mol. The second-order valence-electron chi connectivity index (χ2n) is 5.40. The van der Waals surface area contributed by atoms with E-state index >= 15 is 0 Å². The third kappa shape index (κ3) is 6.18. The summed E-state index contributed by atoms with van der Waals surface area (Å²) < 4.78 is 16.5. The highest BCUT2D eigenvalue weighted by atomic mass is 16.5. The van der Waals surface area contributed by atoms with Gasteiger partial charge in [0.05, 0.1) is 19.4 Å². The molecule has 0 aliphatic rings. The lowest BCUT2D eigenvalue weighted by Gasteiger charge is -2.11.